The molecular weight excluding hydrogens is 417 g/mol. The maximum absolute atomic E-state index is 12.0. The van der Waals surface area contributed by atoms with E-state index in [4.69, 9.17) is 27.9 Å². The number of aryl methyl sites for hydroxylation is 1. The van der Waals surface area contributed by atoms with Crippen LogP contribution in [0.4, 0.5) is 5.69 Å². The highest BCUT2D eigenvalue weighted by molar-refractivity contribution is 8.00. The van der Waals surface area contributed by atoms with E-state index >= 15 is 0 Å². The van der Waals surface area contributed by atoms with Crippen molar-refractivity contribution in [3.63, 3.8) is 0 Å². The summed E-state index contributed by atoms with van der Waals surface area (Å²) in [4.78, 5) is 24.9. The van der Waals surface area contributed by atoms with E-state index in [1.165, 1.54) is 11.8 Å². The Morgan fingerprint density at radius 1 is 1.04 bits per heavy atom. The summed E-state index contributed by atoms with van der Waals surface area (Å²) in [6.45, 7) is 1.40. The van der Waals surface area contributed by atoms with Crippen molar-refractivity contribution >= 4 is 63.3 Å². The normalized spacial score (nSPS) is 10.7. The lowest BCUT2D eigenvalue weighted by atomic mass is 10.1. The molecule has 0 aromatic heterocycles. The third kappa shape index (κ3) is 5.19. The Hall–Kier alpha value is -2.21. The van der Waals surface area contributed by atoms with E-state index in [-0.39, 0.29) is 5.75 Å². The zero-order chi connectivity index (χ0) is 20.1. The van der Waals surface area contributed by atoms with Gasteiger partial charge in [0.2, 0.25) is 0 Å². The van der Waals surface area contributed by atoms with Crippen molar-refractivity contribution in [2.45, 2.75) is 11.8 Å². The number of thioether (sulfide) groups is 1. The summed E-state index contributed by atoms with van der Waals surface area (Å²) < 4.78 is 5.04. The number of hydrogen-bond acceptors (Lipinski definition) is 4. The molecular formula is C21H17Cl2NO3S. The van der Waals surface area contributed by atoms with Gasteiger partial charge in [-0.1, -0.05) is 59.6 Å². The van der Waals surface area contributed by atoms with Crippen LogP contribution in [0.25, 0.3) is 10.8 Å². The predicted octanol–water partition coefficient (Wildman–Crippen LogP) is 5.73. The van der Waals surface area contributed by atoms with Crippen molar-refractivity contribution in [1.82, 2.24) is 0 Å². The Balaban J connectivity index is 1.50. The SMILES string of the molecule is Cc1ccc(Cl)c(NC(=O)COC(=O)CSc2ccc3ccccc3c2)c1Cl. The highest BCUT2D eigenvalue weighted by Crippen LogP contribution is 2.32. The highest BCUT2D eigenvalue weighted by Gasteiger charge is 2.14. The molecule has 0 aliphatic heterocycles. The number of benzene rings is 3. The van der Waals surface area contributed by atoms with Gasteiger partial charge in [0.25, 0.3) is 5.91 Å². The fraction of sp³-hybridized carbons (Fsp3) is 0.143. The number of esters is 1. The molecule has 144 valence electrons. The Morgan fingerprint density at radius 2 is 1.79 bits per heavy atom. The van der Waals surface area contributed by atoms with Crippen LogP contribution in [0, 0.1) is 6.92 Å². The number of rotatable bonds is 6. The van der Waals surface area contributed by atoms with E-state index in [1.54, 1.807) is 19.1 Å². The van der Waals surface area contributed by atoms with Crippen molar-refractivity contribution < 1.29 is 14.3 Å². The molecule has 0 saturated heterocycles. The van der Waals surface area contributed by atoms with Gasteiger partial charge in [0.1, 0.15) is 0 Å². The van der Waals surface area contributed by atoms with Crippen LogP contribution in [0.1, 0.15) is 5.56 Å². The second kappa shape index (κ2) is 9.32. The summed E-state index contributed by atoms with van der Waals surface area (Å²) >= 11 is 13.6. The average molecular weight is 434 g/mol. The fourth-order valence-corrected chi connectivity index (χ4v) is 3.74. The summed E-state index contributed by atoms with van der Waals surface area (Å²) in [6, 6.07) is 17.4. The van der Waals surface area contributed by atoms with Gasteiger partial charge in [0.05, 0.1) is 21.5 Å². The summed E-state index contributed by atoms with van der Waals surface area (Å²) in [5.74, 6) is -0.870. The van der Waals surface area contributed by atoms with E-state index in [0.29, 0.717) is 15.7 Å². The first-order valence-electron chi connectivity index (χ1n) is 8.45. The lowest BCUT2D eigenvalue weighted by Gasteiger charge is -2.11. The van der Waals surface area contributed by atoms with Gasteiger partial charge in [-0.2, -0.15) is 0 Å². The number of carbonyl (C=O) groups excluding carboxylic acids is 2. The standard InChI is InChI=1S/C21H17Cl2NO3S/c1-13-6-9-17(22)21(20(13)23)24-18(25)11-27-19(26)12-28-16-8-7-14-4-2-3-5-15(14)10-16/h2-10H,11-12H2,1H3,(H,24,25). The molecule has 0 saturated carbocycles. The minimum absolute atomic E-state index is 0.109. The highest BCUT2D eigenvalue weighted by atomic mass is 35.5. The zero-order valence-corrected chi connectivity index (χ0v) is 17.3. The smallest absolute Gasteiger partial charge is 0.316 e. The van der Waals surface area contributed by atoms with Gasteiger partial charge in [0.15, 0.2) is 6.61 Å². The van der Waals surface area contributed by atoms with Gasteiger partial charge in [-0.25, -0.2) is 0 Å². The van der Waals surface area contributed by atoms with Gasteiger partial charge in [-0.15, -0.1) is 11.8 Å². The van der Waals surface area contributed by atoms with Gasteiger partial charge in [0, 0.05) is 4.90 Å². The molecule has 0 fully saturated rings. The van der Waals surface area contributed by atoms with Gasteiger partial charge < -0.3 is 10.1 Å². The van der Waals surface area contributed by atoms with E-state index in [0.717, 1.165) is 21.2 Å². The molecule has 28 heavy (non-hydrogen) atoms. The number of carbonyl (C=O) groups is 2. The molecule has 0 aliphatic rings. The van der Waals surface area contributed by atoms with Crippen molar-refractivity contribution in [3.05, 3.63) is 70.2 Å². The fourth-order valence-electron chi connectivity index (χ4n) is 2.53. The maximum atomic E-state index is 12.0. The van der Waals surface area contributed by atoms with E-state index in [9.17, 15) is 9.59 Å². The first-order chi connectivity index (χ1) is 13.4. The molecule has 3 aromatic carbocycles. The minimum Gasteiger partial charge on any atom is -0.455 e. The van der Waals surface area contributed by atoms with Crippen molar-refractivity contribution in [2.24, 2.45) is 0 Å². The number of amides is 1. The van der Waals surface area contributed by atoms with Gasteiger partial charge in [-0.3, -0.25) is 9.59 Å². The molecule has 4 nitrogen and oxygen atoms in total. The number of halogens is 2. The third-order valence-corrected chi connectivity index (χ3v) is 5.76. The van der Waals surface area contributed by atoms with Crippen LogP contribution in [0.15, 0.2) is 59.5 Å². The quantitative estimate of drug-likeness (QED) is 0.398. The van der Waals surface area contributed by atoms with Crippen LogP contribution >= 0.6 is 35.0 Å². The van der Waals surface area contributed by atoms with Crippen molar-refractivity contribution in [2.75, 3.05) is 17.7 Å². The number of fused-ring (bicyclic) bond motifs is 1. The second-order valence-corrected chi connectivity index (χ2v) is 7.89. The number of nitrogens with one attached hydrogen (secondary N) is 1. The second-order valence-electron chi connectivity index (χ2n) is 6.06. The molecule has 0 radical (unpaired) electrons. The lowest BCUT2D eigenvalue weighted by molar-refractivity contribution is -0.144. The summed E-state index contributed by atoms with van der Waals surface area (Å²) in [7, 11) is 0. The van der Waals surface area contributed by atoms with Gasteiger partial charge >= 0.3 is 5.97 Å². The van der Waals surface area contributed by atoms with Crippen molar-refractivity contribution in [1.29, 1.82) is 0 Å². The third-order valence-electron chi connectivity index (χ3n) is 3.99. The predicted molar refractivity (Wildman–Crippen MR) is 115 cm³/mol. The van der Waals surface area contributed by atoms with E-state index < -0.39 is 18.5 Å². The topological polar surface area (TPSA) is 55.4 Å². The zero-order valence-electron chi connectivity index (χ0n) is 15.0. The van der Waals surface area contributed by atoms with Crippen LogP contribution in [-0.2, 0) is 14.3 Å². The first kappa shape index (κ1) is 20.5. The van der Waals surface area contributed by atoms with Gasteiger partial charge in [-0.05, 0) is 41.5 Å². The Bertz CT molecular complexity index is 1040. The largest absolute Gasteiger partial charge is 0.455 e. The molecule has 0 bridgehead atoms. The number of ether oxygens (including phenoxy) is 1. The Kier molecular flexibility index (Phi) is 6.83. The van der Waals surface area contributed by atoms with E-state index in [1.807, 2.05) is 42.5 Å². The summed E-state index contributed by atoms with van der Waals surface area (Å²) in [5, 5.41) is 5.51. The Labute approximate surface area is 177 Å². The molecule has 3 aromatic rings. The Morgan fingerprint density at radius 3 is 2.57 bits per heavy atom. The minimum atomic E-state index is -0.501. The molecule has 0 atom stereocenters. The van der Waals surface area contributed by atoms with Crippen LogP contribution < -0.4 is 5.32 Å². The number of anilines is 1. The molecule has 3 rings (SSSR count). The van der Waals surface area contributed by atoms with Crippen molar-refractivity contribution in [3.8, 4) is 0 Å². The molecule has 0 spiro atoms. The van der Waals surface area contributed by atoms with Crippen LogP contribution in [0.3, 0.4) is 0 Å². The molecule has 0 unspecified atom stereocenters. The maximum Gasteiger partial charge on any atom is 0.316 e. The lowest BCUT2D eigenvalue weighted by Crippen LogP contribution is -2.22. The molecule has 0 heterocycles. The van der Waals surface area contributed by atoms with Crippen LogP contribution in [0.2, 0.25) is 10.0 Å². The molecule has 7 heteroatoms. The average Bonchev–Trinajstić information content (AvgIpc) is 2.70. The molecule has 1 N–H and O–H groups in total. The molecule has 1 amide bonds. The monoisotopic (exact) mass is 433 g/mol. The summed E-state index contributed by atoms with van der Waals surface area (Å²) in [6.07, 6.45) is 0. The van der Waals surface area contributed by atoms with E-state index in [2.05, 4.69) is 5.32 Å². The van der Waals surface area contributed by atoms with Crippen LogP contribution in [0.5, 0.6) is 0 Å². The number of hydrogen-bond donors (Lipinski definition) is 1. The summed E-state index contributed by atoms with van der Waals surface area (Å²) in [5.41, 5.74) is 1.10. The first-order valence-corrected chi connectivity index (χ1v) is 10.2. The molecule has 0 aliphatic carbocycles. The van der Waals surface area contributed by atoms with Crippen LogP contribution in [-0.4, -0.2) is 24.2 Å².